The molecule has 2 aliphatic rings. The molecule has 178 valence electrons. The molecule has 2 aliphatic heterocycles. The van der Waals surface area contributed by atoms with Crippen LogP contribution in [-0.2, 0) is 4.74 Å². The van der Waals surface area contributed by atoms with Gasteiger partial charge in [0.25, 0.3) is 5.91 Å². The minimum Gasteiger partial charge on any atom is -0.494 e. The molecule has 3 heterocycles. The highest BCUT2D eigenvalue weighted by molar-refractivity contribution is 9.10. The number of nitrogens with zero attached hydrogens (tertiary/aromatic N) is 1. The summed E-state index contributed by atoms with van der Waals surface area (Å²) in [5, 5.41) is 0.453. The highest BCUT2D eigenvalue weighted by atomic mass is 79.9. The Kier molecular flexibility index (Phi) is 6.49. The van der Waals surface area contributed by atoms with Crippen LogP contribution in [0.15, 0.2) is 56.1 Å². The van der Waals surface area contributed by atoms with Crippen LogP contribution in [0.4, 0.5) is 0 Å². The van der Waals surface area contributed by atoms with Crippen LogP contribution in [0.1, 0.15) is 60.8 Å². The quantitative estimate of drug-likeness (QED) is 0.395. The first kappa shape index (κ1) is 23.1. The highest BCUT2D eigenvalue weighted by Crippen LogP contribution is 2.40. The lowest BCUT2D eigenvalue weighted by Gasteiger charge is -2.27. The van der Waals surface area contributed by atoms with Crippen LogP contribution in [0.2, 0.25) is 0 Å². The van der Waals surface area contributed by atoms with Crippen LogP contribution < -0.4 is 10.2 Å². The summed E-state index contributed by atoms with van der Waals surface area (Å²) >= 11 is 3.44. The first-order chi connectivity index (χ1) is 16.4. The number of hydrogen-bond donors (Lipinski definition) is 0. The van der Waals surface area contributed by atoms with Crippen LogP contribution in [0, 0.1) is 5.92 Å². The molecule has 0 radical (unpaired) electrons. The van der Waals surface area contributed by atoms with Crippen molar-refractivity contribution in [1.82, 2.24) is 4.90 Å². The van der Waals surface area contributed by atoms with Gasteiger partial charge in [0, 0.05) is 17.6 Å². The summed E-state index contributed by atoms with van der Waals surface area (Å²) in [7, 11) is 0. The lowest BCUT2D eigenvalue weighted by Crippen LogP contribution is -2.36. The van der Waals surface area contributed by atoms with Crippen molar-refractivity contribution in [1.29, 1.82) is 0 Å². The fraction of sp³-hybridized carbons (Fsp3) is 0.407. The van der Waals surface area contributed by atoms with Gasteiger partial charge in [-0.2, -0.15) is 0 Å². The highest BCUT2D eigenvalue weighted by Gasteiger charge is 2.44. The molecule has 1 aromatic heterocycles. The zero-order valence-corrected chi connectivity index (χ0v) is 21.0. The molecule has 7 heteroatoms. The van der Waals surface area contributed by atoms with Gasteiger partial charge in [0.05, 0.1) is 29.7 Å². The van der Waals surface area contributed by atoms with E-state index in [4.69, 9.17) is 13.9 Å². The molecular formula is C27H28BrNO5. The van der Waals surface area contributed by atoms with Gasteiger partial charge in [-0.1, -0.05) is 41.9 Å². The molecule has 3 aromatic rings. The lowest BCUT2D eigenvalue weighted by atomic mass is 9.98. The summed E-state index contributed by atoms with van der Waals surface area (Å²) in [5.41, 5.74) is 1.43. The van der Waals surface area contributed by atoms with Crippen molar-refractivity contribution in [2.24, 2.45) is 5.92 Å². The average molecular weight is 526 g/mol. The van der Waals surface area contributed by atoms with Crippen molar-refractivity contribution in [3.63, 3.8) is 0 Å². The number of amides is 1. The van der Waals surface area contributed by atoms with Crippen molar-refractivity contribution >= 4 is 32.8 Å². The van der Waals surface area contributed by atoms with Gasteiger partial charge in [-0.25, -0.2) is 0 Å². The van der Waals surface area contributed by atoms with E-state index in [9.17, 15) is 9.59 Å². The van der Waals surface area contributed by atoms with E-state index in [1.165, 1.54) is 0 Å². The summed E-state index contributed by atoms with van der Waals surface area (Å²) in [6.07, 6.45) is 2.76. The van der Waals surface area contributed by atoms with Crippen molar-refractivity contribution < 1.29 is 18.7 Å². The zero-order valence-electron chi connectivity index (χ0n) is 19.4. The third-order valence-electron chi connectivity index (χ3n) is 6.49. The van der Waals surface area contributed by atoms with E-state index < -0.39 is 6.04 Å². The molecule has 2 aromatic carbocycles. The minimum atomic E-state index is -0.556. The van der Waals surface area contributed by atoms with Gasteiger partial charge in [-0.3, -0.25) is 9.59 Å². The van der Waals surface area contributed by atoms with E-state index in [2.05, 4.69) is 29.8 Å². The molecule has 0 N–H and O–H groups in total. The molecule has 1 fully saturated rings. The summed E-state index contributed by atoms with van der Waals surface area (Å²) in [6, 6.07) is 12.4. The fourth-order valence-electron chi connectivity index (χ4n) is 4.72. The number of benzene rings is 2. The molecule has 0 spiro atoms. The van der Waals surface area contributed by atoms with Crippen molar-refractivity contribution in [3.8, 4) is 5.75 Å². The molecule has 0 saturated carbocycles. The van der Waals surface area contributed by atoms with Crippen LogP contribution in [0.25, 0.3) is 11.0 Å². The maximum absolute atomic E-state index is 13.7. The second kappa shape index (κ2) is 9.55. The summed E-state index contributed by atoms with van der Waals surface area (Å²) in [5.74, 6) is 1.11. The van der Waals surface area contributed by atoms with E-state index in [-0.39, 0.29) is 23.2 Å². The third-order valence-corrected chi connectivity index (χ3v) is 6.98. The Morgan fingerprint density at radius 1 is 1.18 bits per heavy atom. The van der Waals surface area contributed by atoms with Crippen molar-refractivity contribution in [3.05, 3.63) is 74.0 Å². The maximum Gasteiger partial charge on any atom is 0.291 e. The SMILES string of the molecule is CC(C)CCOc1cccc(C2c3c(oc4ccc(Br)cc4c3=O)C(=O)N2CC2CCCO2)c1. The number of rotatable bonds is 7. The van der Waals surface area contributed by atoms with E-state index in [1.807, 2.05) is 24.3 Å². The number of fused-ring (bicyclic) bond motifs is 2. The van der Waals surface area contributed by atoms with Crippen molar-refractivity contribution in [2.75, 3.05) is 19.8 Å². The van der Waals surface area contributed by atoms with Gasteiger partial charge in [0.15, 0.2) is 5.43 Å². The van der Waals surface area contributed by atoms with E-state index in [0.717, 1.165) is 35.0 Å². The summed E-state index contributed by atoms with van der Waals surface area (Å²) < 4.78 is 18.6. The molecule has 2 atom stereocenters. The van der Waals surface area contributed by atoms with Crippen LogP contribution in [0.3, 0.4) is 0 Å². The predicted molar refractivity (Wildman–Crippen MR) is 133 cm³/mol. The third kappa shape index (κ3) is 4.39. The minimum absolute atomic E-state index is 0.0510. The van der Waals surface area contributed by atoms with Crippen molar-refractivity contribution in [2.45, 2.75) is 45.3 Å². The molecule has 34 heavy (non-hydrogen) atoms. The molecule has 5 rings (SSSR count). The number of carbonyl (C=O) groups is 1. The van der Waals surface area contributed by atoms with Gasteiger partial charge in [0.1, 0.15) is 11.3 Å². The molecule has 6 nitrogen and oxygen atoms in total. The van der Waals surface area contributed by atoms with Crippen LogP contribution >= 0.6 is 15.9 Å². The number of hydrogen-bond acceptors (Lipinski definition) is 5. The molecule has 0 aliphatic carbocycles. The number of halogens is 1. The number of ether oxygens (including phenoxy) is 2. The van der Waals surface area contributed by atoms with Gasteiger partial charge in [-0.15, -0.1) is 0 Å². The fourth-order valence-corrected chi connectivity index (χ4v) is 5.08. The maximum atomic E-state index is 13.7. The average Bonchev–Trinajstić information content (AvgIpc) is 3.42. The molecule has 1 amide bonds. The Bertz CT molecular complexity index is 1280. The van der Waals surface area contributed by atoms with E-state index in [1.54, 1.807) is 23.1 Å². The molecular weight excluding hydrogens is 498 g/mol. The van der Waals surface area contributed by atoms with Crippen LogP contribution in [0.5, 0.6) is 5.75 Å². The Morgan fingerprint density at radius 3 is 2.79 bits per heavy atom. The van der Waals surface area contributed by atoms with E-state index >= 15 is 0 Å². The predicted octanol–water partition coefficient (Wildman–Crippen LogP) is 5.70. The lowest BCUT2D eigenvalue weighted by molar-refractivity contribution is 0.0486. The van der Waals surface area contributed by atoms with Gasteiger partial charge < -0.3 is 18.8 Å². The summed E-state index contributed by atoms with van der Waals surface area (Å²) in [6.45, 7) is 6.03. The van der Waals surface area contributed by atoms with Gasteiger partial charge in [0.2, 0.25) is 5.76 Å². The Labute approximate surface area is 207 Å². The van der Waals surface area contributed by atoms with Gasteiger partial charge in [-0.05, 0) is 61.1 Å². The topological polar surface area (TPSA) is 69.0 Å². The monoisotopic (exact) mass is 525 g/mol. The standard InChI is InChI=1S/C27H28BrNO5/c1-16(2)10-12-33-19-6-3-5-17(13-19)24-23-25(30)21-14-18(28)8-9-22(21)34-26(23)27(31)29(24)15-20-7-4-11-32-20/h3,5-6,8-9,13-14,16,20,24H,4,7,10-12,15H2,1-2H3. The zero-order chi connectivity index (χ0) is 23.8. The van der Waals surface area contributed by atoms with Gasteiger partial charge >= 0.3 is 0 Å². The Hall–Kier alpha value is -2.64. The molecule has 1 saturated heterocycles. The Balaban J connectivity index is 1.60. The smallest absolute Gasteiger partial charge is 0.291 e. The normalized spacial score (nSPS) is 19.9. The van der Waals surface area contributed by atoms with E-state index in [0.29, 0.717) is 42.2 Å². The number of carbonyl (C=O) groups excluding carboxylic acids is 1. The van der Waals surface area contributed by atoms with Crippen LogP contribution in [-0.4, -0.2) is 36.7 Å². The first-order valence-corrected chi connectivity index (χ1v) is 12.6. The second-order valence-corrected chi connectivity index (χ2v) is 10.3. The largest absolute Gasteiger partial charge is 0.494 e. The Morgan fingerprint density at radius 2 is 2.03 bits per heavy atom. The summed E-state index contributed by atoms with van der Waals surface area (Å²) in [4.78, 5) is 29.0. The second-order valence-electron chi connectivity index (χ2n) is 9.41. The first-order valence-electron chi connectivity index (χ1n) is 11.8. The molecule has 0 bridgehead atoms. The molecule has 2 unspecified atom stereocenters.